The van der Waals surface area contributed by atoms with Gasteiger partial charge in [-0.2, -0.15) is 0 Å². The van der Waals surface area contributed by atoms with Crippen molar-refractivity contribution >= 4 is 44.2 Å². The van der Waals surface area contributed by atoms with Crippen molar-refractivity contribution in [3.8, 4) is 0 Å². The van der Waals surface area contributed by atoms with Crippen LogP contribution in [0, 0.1) is 9.39 Å². The SMILES string of the molecule is Nc1cc(F)c(Br)c(I)c1. The molecule has 54 valence electrons. The van der Waals surface area contributed by atoms with E-state index in [1.807, 2.05) is 22.6 Å². The number of rotatable bonds is 0. The monoisotopic (exact) mass is 315 g/mol. The van der Waals surface area contributed by atoms with E-state index in [4.69, 9.17) is 5.73 Å². The predicted octanol–water partition coefficient (Wildman–Crippen LogP) is 2.78. The first kappa shape index (κ1) is 8.26. The topological polar surface area (TPSA) is 26.0 Å². The van der Waals surface area contributed by atoms with Gasteiger partial charge in [-0.15, -0.1) is 0 Å². The van der Waals surface area contributed by atoms with Gasteiger partial charge < -0.3 is 5.73 Å². The fourth-order valence-electron chi connectivity index (χ4n) is 0.575. The van der Waals surface area contributed by atoms with Crippen LogP contribution < -0.4 is 5.73 Å². The maximum atomic E-state index is 12.7. The Kier molecular flexibility index (Phi) is 2.51. The fourth-order valence-corrected chi connectivity index (χ4v) is 1.42. The van der Waals surface area contributed by atoms with Crippen LogP contribution in [0.3, 0.4) is 0 Å². The van der Waals surface area contributed by atoms with Gasteiger partial charge in [0.15, 0.2) is 0 Å². The van der Waals surface area contributed by atoms with Crippen molar-refractivity contribution in [2.75, 3.05) is 5.73 Å². The van der Waals surface area contributed by atoms with Gasteiger partial charge in [-0.1, -0.05) is 0 Å². The average molecular weight is 316 g/mol. The van der Waals surface area contributed by atoms with Gasteiger partial charge in [0.05, 0.1) is 4.47 Å². The highest BCUT2D eigenvalue weighted by atomic mass is 127. The maximum Gasteiger partial charge on any atom is 0.140 e. The summed E-state index contributed by atoms with van der Waals surface area (Å²) in [5, 5.41) is 0. The Morgan fingerprint density at radius 3 is 2.60 bits per heavy atom. The molecule has 0 fully saturated rings. The fraction of sp³-hybridized carbons (Fsp3) is 0. The van der Waals surface area contributed by atoms with Gasteiger partial charge in [-0.05, 0) is 50.7 Å². The lowest BCUT2D eigenvalue weighted by Crippen LogP contribution is -1.89. The summed E-state index contributed by atoms with van der Waals surface area (Å²) in [5.41, 5.74) is 5.81. The summed E-state index contributed by atoms with van der Waals surface area (Å²) in [5.74, 6) is -0.315. The molecule has 1 rings (SSSR count). The van der Waals surface area contributed by atoms with Gasteiger partial charge in [0.2, 0.25) is 0 Å². The minimum absolute atomic E-state index is 0.315. The van der Waals surface area contributed by atoms with Crippen molar-refractivity contribution in [1.82, 2.24) is 0 Å². The molecule has 1 nitrogen and oxygen atoms in total. The van der Waals surface area contributed by atoms with Crippen molar-refractivity contribution in [2.24, 2.45) is 0 Å². The van der Waals surface area contributed by atoms with Gasteiger partial charge in [-0.3, -0.25) is 0 Å². The molecule has 0 saturated carbocycles. The smallest absolute Gasteiger partial charge is 0.140 e. The number of halogens is 3. The van der Waals surface area contributed by atoms with E-state index in [-0.39, 0.29) is 5.82 Å². The zero-order valence-electron chi connectivity index (χ0n) is 4.87. The summed E-state index contributed by atoms with van der Waals surface area (Å²) in [6, 6.07) is 2.99. The zero-order valence-corrected chi connectivity index (χ0v) is 8.61. The lowest BCUT2D eigenvalue weighted by molar-refractivity contribution is 0.620. The molecule has 0 radical (unpaired) electrons. The number of hydrogen-bond donors (Lipinski definition) is 1. The van der Waals surface area contributed by atoms with E-state index in [2.05, 4.69) is 15.9 Å². The van der Waals surface area contributed by atoms with Crippen LogP contribution >= 0.6 is 38.5 Å². The number of nitrogens with two attached hydrogens (primary N) is 1. The Balaban J connectivity index is 3.31. The van der Waals surface area contributed by atoms with Crippen LogP contribution in [0.25, 0.3) is 0 Å². The third kappa shape index (κ3) is 1.60. The van der Waals surface area contributed by atoms with Gasteiger partial charge in [0, 0.05) is 9.26 Å². The second kappa shape index (κ2) is 3.04. The highest BCUT2D eigenvalue weighted by molar-refractivity contribution is 14.1. The molecule has 1 aromatic rings. The molecule has 0 bridgehead atoms. The van der Waals surface area contributed by atoms with Gasteiger partial charge in [0.1, 0.15) is 5.82 Å². The first-order chi connectivity index (χ1) is 4.61. The molecule has 1 aromatic carbocycles. The summed E-state index contributed by atoms with van der Waals surface area (Å²) in [7, 11) is 0. The average Bonchev–Trinajstić information content (AvgIpc) is 1.82. The van der Waals surface area contributed by atoms with E-state index in [1.165, 1.54) is 6.07 Å². The Morgan fingerprint density at radius 1 is 1.50 bits per heavy atom. The van der Waals surface area contributed by atoms with Crippen molar-refractivity contribution in [3.63, 3.8) is 0 Å². The molecular formula is C6H4BrFIN. The normalized spacial score (nSPS) is 9.90. The number of nitrogen functional groups attached to an aromatic ring is 1. The van der Waals surface area contributed by atoms with Gasteiger partial charge >= 0.3 is 0 Å². The molecule has 0 saturated heterocycles. The summed E-state index contributed by atoms with van der Waals surface area (Å²) in [6.07, 6.45) is 0. The predicted molar refractivity (Wildman–Crippen MR) is 51.2 cm³/mol. The molecule has 0 atom stereocenters. The molecule has 0 aliphatic carbocycles. The van der Waals surface area contributed by atoms with Crippen molar-refractivity contribution in [2.45, 2.75) is 0 Å². The molecule has 0 aromatic heterocycles. The van der Waals surface area contributed by atoms with Gasteiger partial charge in [0.25, 0.3) is 0 Å². The lowest BCUT2D eigenvalue weighted by atomic mass is 10.3. The molecule has 4 heteroatoms. The number of benzene rings is 1. The zero-order chi connectivity index (χ0) is 7.72. The summed E-state index contributed by atoms with van der Waals surface area (Å²) in [6.45, 7) is 0. The molecule has 10 heavy (non-hydrogen) atoms. The van der Waals surface area contributed by atoms with E-state index in [9.17, 15) is 4.39 Å². The maximum absolute atomic E-state index is 12.7. The molecule has 0 spiro atoms. The van der Waals surface area contributed by atoms with Crippen LogP contribution in [0.1, 0.15) is 0 Å². The Labute approximate surface area is 80.1 Å². The molecule has 2 N–H and O–H groups in total. The molecule has 0 unspecified atom stereocenters. The summed E-state index contributed by atoms with van der Waals surface area (Å²) in [4.78, 5) is 0. The van der Waals surface area contributed by atoms with Crippen molar-refractivity contribution in [3.05, 3.63) is 26.0 Å². The van der Waals surface area contributed by atoms with E-state index < -0.39 is 0 Å². The van der Waals surface area contributed by atoms with Crippen LogP contribution in [-0.4, -0.2) is 0 Å². The second-order valence-electron chi connectivity index (χ2n) is 1.80. The van der Waals surface area contributed by atoms with Crippen LogP contribution in [0.2, 0.25) is 0 Å². The standard InChI is InChI=1S/C6H4BrFIN/c7-6-4(8)1-3(10)2-5(6)9/h1-2H,10H2. The van der Waals surface area contributed by atoms with E-state index >= 15 is 0 Å². The lowest BCUT2D eigenvalue weighted by Gasteiger charge is -1.98. The molecule has 0 heterocycles. The van der Waals surface area contributed by atoms with E-state index in [0.29, 0.717) is 10.2 Å². The molecule has 0 aliphatic heterocycles. The number of anilines is 1. The number of hydrogen-bond acceptors (Lipinski definition) is 1. The van der Waals surface area contributed by atoms with Crippen molar-refractivity contribution in [1.29, 1.82) is 0 Å². The molecule has 0 amide bonds. The van der Waals surface area contributed by atoms with E-state index in [1.54, 1.807) is 6.07 Å². The van der Waals surface area contributed by atoms with Gasteiger partial charge in [-0.25, -0.2) is 4.39 Å². The first-order valence-electron chi connectivity index (χ1n) is 2.51. The quantitative estimate of drug-likeness (QED) is 0.445. The van der Waals surface area contributed by atoms with E-state index in [0.717, 1.165) is 3.57 Å². The minimum Gasteiger partial charge on any atom is -0.399 e. The largest absolute Gasteiger partial charge is 0.399 e. The minimum atomic E-state index is -0.315. The highest BCUT2D eigenvalue weighted by Crippen LogP contribution is 2.24. The molecular weight excluding hydrogens is 312 g/mol. The summed E-state index contributed by atoms with van der Waals surface area (Å²) >= 11 is 5.08. The summed E-state index contributed by atoms with van der Waals surface area (Å²) < 4.78 is 14.0. The highest BCUT2D eigenvalue weighted by Gasteiger charge is 2.03. The third-order valence-corrected chi connectivity index (χ3v) is 3.40. The Hall–Kier alpha value is 0.160. The Morgan fingerprint density at radius 2 is 2.10 bits per heavy atom. The Bertz CT molecular complexity index is 241. The molecule has 0 aliphatic rings. The van der Waals surface area contributed by atoms with Crippen LogP contribution in [-0.2, 0) is 0 Å². The van der Waals surface area contributed by atoms with Crippen LogP contribution in [0.4, 0.5) is 10.1 Å². The third-order valence-electron chi connectivity index (χ3n) is 1.01. The second-order valence-corrected chi connectivity index (χ2v) is 3.75. The first-order valence-corrected chi connectivity index (χ1v) is 4.38. The van der Waals surface area contributed by atoms with Crippen LogP contribution in [0.5, 0.6) is 0 Å². The van der Waals surface area contributed by atoms with Crippen LogP contribution in [0.15, 0.2) is 16.6 Å². The van der Waals surface area contributed by atoms with Crippen molar-refractivity contribution < 1.29 is 4.39 Å².